The molecular formula is C31H27FN5O2+. The molecule has 0 aliphatic rings. The van der Waals surface area contributed by atoms with Crippen LogP contribution in [0.3, 0.4) is 0 Å². The van der Waals surface area contributed by atoms with Gasteiger partial charge in [0.2, 0.25) is 0 Å². The van der Waals surface area contributed by atoms with Gasteiger partial charge in [0.1, 0.15) is 18.5 Å². The summed E-state index contributed by atoms with van der Waals surface area (Å²) in [6.45, 7) is 1.91. The van der Waals surface area contributed by atoms with E-state index in [4.69, 9.17) is 4.74 Å². The standard InChI is InChI=1S/C31H26FN5O2/c1-19-13-21(8-10-27(19)32)30-26(6-4-12-34-30)20-9-11-29-23(14-20)17-36-37(29)31(38)39-18-24(33)15-22-16-35-28-7-3-2-5-25(22)28/h2-14,16-17,24,35H,15,18,33H2,1H3/p+1/t24-/m0/s1. The lowest BCUT2D eigenvalue weighted by molar-refractivity contribution is -0.424. The Morgan fingerprint density at radius 3 is 2.79 bits per heavy atom. The molecule has 194 valence electrons. The van der Waals surface area contributed by atoms with E-state index >= 15 is 0 Å². The summed E-state index contributed by atoms with van der Waals surface area (Å²) < 4.78 is 20.7. The number of pyridine rings is 1. The first-order valence-corrected chi connectivity index (χ1v) is 12.7. The number of halogens is 1. The number of ether oxygens (including phenoxy) is 1. The molecule has 8 heteroatoms. The van der Waals surface area contributed by atoms with E-state index in [9.17, 15) is 9.18 Å². The van der Waals surface area contributed by atoms with Crippen molar-refractivity contribution in [2.75, 3.05) is 6.61 Å². The third kappa shape index (κ3) is 4.78. The number of aromatic amines is 1. The Hall–Kier alpha value is -4.82. The molecule has 3 heterocycles. The van der Waals surface area contributed by atoms with Crippen molar-refractivity contribution in [3.8, 4) is 22.4 Å². The first-order chi connectivity index (χ1) is 19.0. The fourth-order valence-corrected chi connectivity index (χ4v) is 4.93. The van der Waals surface area contributed by atoms with Gasteiger partial charge in [0.25, 0.3) is 0 Å². The number of nitrogens with one attached hydrogen (secondary N) is 1. The Kier molecular flexibility index (Phi) is 6.38. The maximum absolute atomic E-state index is 13.8. The van der Waals surface area contributed by atoms with Gasteiger partial charge in [0.05, 0.1) is 17.4 Å². The molecule has 0 aliphatic heterocycles. The minimum absolute atomic E-state index is 0.110. The zero-order valence-corrected chi connectivity index (χ0v) is 21.4. The van der Waals surface area contributed by atoms with Crippen molar-refractivity contribution in [1.82, 2.24) is 19.7 Å². The topological polar surface area (TPSA) is 100 Å². The molecule has 0 saturated carbocycles. The number of rotatable bonds is 6. The molecular weight excluding hydrogens is 493 g/mol. The van der Waals surface area contributed by atoms with E-state index in [1.807, 2.05) is 54.7 Å². The molecule has 0 aliphatic carbocycles. The third-order valence-electron chi connectivity index (χ3n) is 6.92. The van der Waals surface area contributed by atoms with Gasteiger partial charge in [0.15, 0.2) is 0 Å². The summed E-state index contributed by atoms with van der Waals surface area (Å²) in [5.74, 6) is -0.250. The molecule has 3 aromatic carbocycles. The van der Waals surface area contributed by atoms with E-state index < -0.39 is 6.09 Å². The normalized spacial score (nSPS) is 12.2. The number of hydrogen-bond donors (Lipinski definition) is 2. The van der Waals surface area contributed by atoms with Crippen molar-refractivity contribution < 1.29 is 19.7 Å². The molecule has 0 spiro atoms. The zero-order chi connectivity index (χ0) is 26.9. The summed E-state index contributed by atoms with van der Waals surface area (Å²) in [4.78, 5) is 20.7. The van der Waals surface area contributed by atoms with E-state index in [0.29, 0.717) is 17.5 Å². The predicted octanol–water partition coefficient (Wildman–Crippen LogP) is 5.53. The Morgan fingerprint density at radius 1 is 1.08 bits per heavy atom. The van der Waals surface area contributed by atoms with E-state index in [0.717, 1.165) is 44.2 Å². The number of nitrogens with zero attached hydrogens (tertiary/aromatic N) is 3. The van der Waals surface area contributed by atoms with E-state index in [2.05, 4.69) is 26.9 Å². The molecule has 7 nitrogen and oxygen atoms in total. The highest BCUT2D eigenvalue weighted by Crippen LogP contribution is 2.32. The minimum Gasteiger partial charge on any atom is -0.442 e. The first kappa shape index (κ1) is 24.5. The number of benzene rings is 3. The smallest absolute Gasteiger partial charge is 0.435 e. The second-order valence-corrected chi connectivity index (χ2v) is 9.70. The summed E-state index contributed by atoms with van der Waals surface area (Å²) in [5, 5.41) is 6.23. The number of aromatic nitrogens is 4. The summed E-state index contributed by atoms with van der Waals surface area (Å²) in [7, 11) is 0. The number of aryl methyl sites for hydroxylation is 1. The summed E-state index contributed by atoms with van der Waals surface area (Å²) in [6, 6.07) is 22.5. The molecule has 0 saturated heterocycles. The number of carbonyl (C=O) groups is 1. The van der Waals surface area contributed by atoms with Crippen molar-refractivity contribution in [1.29, 1.82) is 0 Å². The molecule has 0 radical (unpaired) electrons. The molecule has 3 aromatic heterocycles. The fraction of sp³-hybridized carbons (Fsp3) is 0.129. The van der Waals surface area contributed by atoms with Gasteiger partial charge < -0.3 is 15.5 Å². The Bertz CT molecular complexity index is 1820. The van der Waals surface area contributed by atoms with Crippen molar-refractivity contribution in [2.24, 2.45) is 0 Å². The second kappa shape index (κ2) is 10.2. The lowest BCUT2D eigenvalue weighted by atomic mass is 9.97. The van der Waals surface area contributed by atoms with E-state index in [1.54, 1.807) is 31.5 Å². The van der Waals surface area contributed by atoms with Crippen LogP contribution in [-0.4, -0.2) is 38.5 Å². The van der Waals surface area contributed by atoms with Crippen LogP contribution in [0.15, 0.2) is 91.4 Å². The minimum atomic E-state index is -0.547. The van der Waals surface area contributed by atoms with Crippen LogP contribution >= 0.6 is 0 Å². The van der Waals surface area contributed by atoms with Crippen molar-refractivity contribution >= 4 is 27.9 Å². The van der Waals surface area contributed by atoms with E-state index in [-0.39, 0.29) is 18.5 Å². The highest BCUT2D eigenvalue weighted by molar-refractivity contribution is 5.92. The number of fused-ring (bicyclic) bond motifs is 2. The Labute approximate surface area is 224 Å². The molecule has 0 unspecified atom stereocenters. The maximum Gasteiger partial charge on any atom is 0.435 e. The van der Waals surface area contributed by atoms with Crippen LogP contribution in [0, 0.1) is 12.7 Å². The van der Waals surface area contributed by atoms with Crippen molar-refractivity contribution in [3.05, 3.63) is 108 Å². The van der Waals surface area contributed by atoms with Gasteiger partial charge in [-0.15, -0.1) is 0 Å². The van der Waals surface area contributed by atoms with Gasteiger partial charge in [-0.05, 0) is 66.1 Å². The van der Waals surface area contributed by atoms with Crippen LogP contribution in [-0.2, 0) is 11.2 Å². The van der Waals surface area contributed by atoms with Crippen molar-refractivity contribution in [3.63, 3.8) is 0 Å². The second-order valence-electron chi connectivity index (χ2n) is 9.70. The first-order valence-electron chi connectivity index (χ1n) is 12.7. The quantitative estimate of drug-likeness (QED) is 0.301. The van der Waals surface area contributed by atoms with Crippen LogP contribution in [0.2, 0.25) is 0 Å². The molecule has 6 rings (SSSR count). The largest absolute Gasteiger partial charge is 0.442 e. The summed E-state index contributed by atoms with van der Waals surface area (Å²) in [5.41, 5.74) is 11.0. The van der Waals surface area contributed by atoms with Gasteiger partial charge >= 0.3 is 6.09 Å². The van der Waals surface area contributed by atoms with Gasteiger partial charge in [-0.2, -0.15) is 9.78 Å². The van der Waals surface area contributed by atoms with Crippen LogP contribution in [0.4, 0.5) is 9.18 Å². The van der Waals surface area contributed by atoms with Crippen molar-refractivity contribution in [2.45, 2.75) is 19.4 Å². The fourth-order valence-electron chi connectivity index (χ4n) is 4.93. The summed E-state index contributed by atoms with van der Waals surface area (Å²) in [6.07, 6.45) is 5.48. The van der Waals surface area contributed by atoms with Crippen LogP contribution in [0.5, 0.6) is 0 Å². The molecule has 0 amide bonds. The lowest BCUT2D eigenvalue weighted by Gasteiger charge is -2.11. The van der Waals surface area contributed by atoms with Crippen LogP contribution < -0.4 is 5.73 Å². The lowest BCUT2D eigenvalue weighted by Crippen LogP contribution is -2.64. The molecule has 1 atom stereocenters. The molecule has 4 N–H and O–H groups in total. The van der Waals surface area contributed by atoms with Gasteiger partial charge in [-0.25, -0.2) is 9.18 Å². The van der Waals surface area contributed by atoms with Gasteiger partial charge in [-0.3, -0.25) is 4.98 Å². The molecule has 6 aromatic rings. The highest BCUT2D eigenvalue weighted by atomic mass is 19.1. The predicted molar refractivity (Wildman–Crippen MR) is 149 cm³/mol. The Morgan fingerprint density at radius 2 is 1.92 bits per heavy atom. The number of carbonyl (C=O) groups excluding carboxylic acids is 1. The average Bonchev–Trinajstić information content (AvgIpc) is 3.57. The van der Waals surface area contributed by atoms with E-state index in [1.165, 1.54) is 10.7 Å². The molecule has 39 heavy (non-hydrogen) atoms. The molecule has 0 fully saturated rings. The maximum atomic E-state index is 13.8. The number of H-pyrrole nitrogens is 1. The average molecular weight is 521 g/mol. The van der Waals surface area contributed by atoms with Crippen LogP contribution in [0.25, 0.3) is 44.2 Å². The number of quaternary nitrogens is 1. The zero-order valence-electron chi connectivity index (χ0n) is 21.4. The Balaban J connectivity index is 1.19. The van der Waals surface area contributed by atoms with Crippen LogP contribution in [0.1, 0.15) is 11.1 Å². The SMILES string of the molecule is Cc1cc(-c2ncccc2-c2ccc3c(cnn3C(=O)OC[C@@H]([NH3+])Cc3c[nH]c4ccccc34)c2)ccc1F. The molecule has 0 bridgehead atoms. The third-order valence-corrected chi connectivity index (χ3v) is 6.92. The highest BCUT2D eigenvalue weighted by Gasteiger charge is 2.18. The van der Waals surface area contributed by atoms with Gasteiger partial charge in [-0.1, -0.05) is 30.3 Å². The number of para-hydroxylation sites is 1. The van der Waals surface area contributed by atoms with Gasteiger partial charge in [0, 0.05) is 46.2 Å². The summed E-state index contributed by atoms with van der Waals surface area (Å²) >= 11 is 0. The monoisotopic (exact) mass is 520 g/mol. The number of hydrogen-bond acceptors (Lipinski definition) is 4.